The van der Waals surface area contributed by atoms with Gasteiger partial charge in [-0.3, -0.25) is 4.90 Å². The number of benzene rings is 1. The van der Waals surface area contributed by atoms with E-state index in [2.05, 4.69) is 53.2 Å². The van der Waals surface area contributed by atoms with Gasteiger partial charge in [0.1, 0.15) is 0 Å². The fraction of sp³-hybridized carbons (Fsp3) is 0.625. The summed E-state index contributed by atoms with van der Waals surface area (Å²) in [6.45, 7) is 13.7. The SMILES string of the molecule is CCN1CCN(CCNCc2ccc(C)cc2)CC1. The first-order valence-electron chi connectivity index (χ1n) is 7.49. The molecule has 1 fully saturated rings. The number of nitrogens with one attached hydrogen (secondary N) is 1. The van der Waals surface area contributed by atoms with Crippen LogP contribution in [0.1, 0.15) is 18.1 Å². The summed E-state index contributed by atoms with van der Waals surface area (Å²) >= 11 is 0. The maximum Gasteiger partial charge on any atom is 0.0206 e. The molecule has 1 aliphatic heterocycles. The fourth-order valence-corrected chi connectivity index (χ4v) is 2.50. The first kappa shape index (κ1) is 14.5. The molecule has 0 amide bonds. The van der Waals surface area contributed by atoms with Gasteiger partial charge in [0, 0.05) is 45.8 Å². The topological polar surface area (TPSA) is 18.5 Å². The smallest absolute Gasteiger partial charge is 0.0206 e. The molecule has 0 aromatic heterocycles. The number of hydrogen-bond donors (Lipinski definition) is 1. The fourth-order valence-electron chi connectivity index (χ4n) is 2.50. The average Bonchev–Trinajstić information content (AvgIpc) is 2.46. The highest BCUT2D eigenvalue weighted by molar-refractivity contribution is 5.20. The summed E-state index contributed by atoms with van der Waals surface area (Å²) in [5.74, 6) is 0. The second-order valence-electron chi connectivity index (χ2n) is 5.44. The lowest BCUT2D eigenvalue weighted by Gasteiger charge is -2.34. The van der Waals surface area contributed by atoms with Gasteiger partial charge >= 0.3 is 0 Å². The Labute approximate surface area is 117 Å². The van der Waals surface area contributed by atoms with E-state index in [1.807, 2.05) is 0 Å². The van der Waals surface area contributed by atoms with Gasteiger partial charge in [-0.25, -0.2) is 0 Å². The van der Waals surface area contributed by atoms with Gasteiger partial charge in [0.15, 0.2) is 0 Å². The highest BCUT2D eigenvalue weighted by atomic mass is 15.3. The highest BCUT2D eigenvalue weighted by Gasteiger charge is 2.14. The zero-order valence-corrected chi connectivity index (χ0v) is 12.4. The van der Waals surface area contributed by atoms with Crippen LogP contribution < -0.4 is 5.32 Å². The molecule has 3 heteroatoms. The normalized spacial score (nSPS) is 17.8. The van der Waals surface area contributed by atoms with Crippen molar-refractivity contribution < 1.29 is 0 Å². The second-order valence-corrected chi connectivity index (χ2v) is 5.44. The molecule has 3 nitrogen and oxygen atoms in total. The predicted octanol–water partition coefficient (Wildman–Crippen LogP) is 1.72. The molecule has 0 radical (unpaired) electrons. The summed E-state index contributed by atoms with van der Waals surface area (Å²) in [6, 6.07) is 8.78. The molecular weight excluding hydrogens is 234 g/mol. The molecule has 2 rings (SSSR count). The molecule has 0 unspecified atom stereocenters. The van der Waals surface area contributed by atoms with Gasteiger partial charge in [-0.15, -0.1) is 0 Å². The predicted molar refractivity (Wildman–Crippen MR) is 81.4 cm³/mol. The third kappa shape index (κ3) is 4.94. The summed E-state index contributed by atoms with van der Waals surface area (Å²) in [7, 11) is 0. The van der Waals surface area contributed by atoms with Crippen LogP contribution in [0.4, 0.5) is 0 Å². The Morgan fingerprint density at radius 1 is 1.00 bits per heavy atom. The summed E-state index contributed by atoms with van der Waals surface area (Å²) in [5, 5.41) is 3.54. The van der Waals surface area contributed by atoms with E-state index >= 15 is 0 Å². The minimum absolute atomic E-state index is 0.981. The number of aryl methyl sites for hydroxylation is 1. The van der Waals surface area contributed by atoms with Gasteiger partial charge in [-0.2, -0.15) is 0 Å². The molecule has 0 atom stereocenters. The molecule has 0 aliphatic carbocycles. The Bertz CT molecular complexity index is 353. The Morgan fingerprint density at radius 3 is 2.26 bits per heavy atom. The van der Waals surface area contributed by atoms with Gasteiger partial charge in [-0.1, -0.05) is 36.8 Å². The van der Waals surface area contributed by atoms with Gasteiger partial charge in [-0.05, 0) is 19.0 Å². The quantitative estimate of drug-likeness (QED) is 0.787. The summed E-state index contributed by atoms with van der Waals surface area (Å²) in [4.78, 5) is 5.09. The number of rotatable bonds is 6. The van der Waals surface area contributed by atoms with Gasteiger partial charge in [0.2, 0.25) is 0 Å². The third-order valence-corrected chi connectivity index (χ3v) is 3.97. The largest absolute Gasteiger partial charge is 0.311 e. The average molecular weight is 261 g/mol. The molecule has 1 N–H and O–H groups in total. The number of hydrogen-bond acceptors (Lipinski definition) is 3. The number of likely N-dealkylation sites (N-methyl/N-ethyl adjacent to an activating group) is 1. The van der Waals surface area contributed by atoms with Crippen molar-refractivity contribution in [3.63, 3.8) is 0 Å². The van der Waals surface area contributed by atoms with E-state index in [4.69, 9.17) is 0 Å². The Morgan fingerprint density at radius 2 is 1.63 bits per heavy atom. The zero-order chi connectivity index (χ0) is 13.5. The zero-order valence-electron chi connectivity index (χ0n) is 12.4. The second kappa shape index (κ2) is 7.63. The molecule has 0 spiro atoms. The summed E-state index contributed by atoms with van der Waals surface area (Å²) in [6.07, 6.45) is 0. The maximum atomic E-state index is 3.54. The van der Waals surface area contributed by atoms with Crippen LogP contribution in [0, 0.1) is 6.92 Å². The molecule has 1 aliphatic rings. The van der Waals surface area contributed by atoms with E-state index in [-0.39, 0.29) is 0 Å². The van der Waals surface area contributed by atoms with Gasteiger partial charge < -0.3 is 10.2 Å². The number of nitrogens with zero attached hydrogens (tertiary/aromatic N) is 2. The van der Waals surface area contributed by atoms with Crippen molar-refractivity contribution in [1.29, 1.82) is 0 Å². The van der Waals surface area contributed by atoms with E-state index < -0.39 is 0 Å². The van der Waals surface area contributed by atoms with Crippen LogP contribution in [-0.4, -0.2) is 55.6 Å². The molecule has 19 heavy (non-hydrogen) atoms. The van der Waals surface area contributed by atoms with Crippen molar-refractivity contribution in [3.05, 3.63) is 35.4 Å². The van der Waals surface area contributed by atoms with E-state index in [0.717, 1.165) is 13.1 Å². The van der Waals surface area contributed by atoms with E-state index in [1.165, 1.54) is 50.4 Å². The Hall–Kier alpha value is -0.900. The minimum Gasteiger partial charge on any atom is -0.311 e. The van der Waals surface area contributed by atoms with Crippen LogP contribution in [0.15, 0.2) is 24.3 Å². The lowest BCUT2D eigenvalue weighted by molar-refractivity contribution is 0.138. The Balaban J connectivity index is 1.58. The van der Waals surface area contributed by atoms with Crippen molar-refractivity contribution in [2.24, 2.45) is 0 Å². The molecule has 0 bridgehead atoms. The first-order valence-corrected chi connectivity index (χ1v) is 7.49. The van der Waals surface area contributed by atoms with Crippen molar-refractivity contribution in [3.8, 4) is 0 Å². The molecule has 1 heterocycles. The standard InChI is InChI=1S/C16H27N3/c1-3-18-10-12-19(13-11-18)9-8-17-14-16-6-4-15(2)5-7-16/h4-7,17H,3,8-14H2,1-2H3. The summed E-state index contributed by atoms with van der Waals surface area (Å²) in [5.41, 5.74) is 2.71. The first-order chi connectivity index (χ1) is 9.28. The van der Waals surface area contributed by atoms with Crippen LogP contribution in [-0.2, 0) is 6.54 Å². The minimum atomic E-state index is 0.981. The Kier molecular flexibility index (Phi) is 5.83. The molecule has 1 saturated heterocycles. The van der Waals surface area contributed by atoms with Crippen LogP contribution in [0.25, 0.3) is 0 Å². The summed E-state index contributed by atoms with van der Waals surface area (Å²) < 4.78 is 0. The van der Waals surface area contributed by atoms with Crippen LogP contribution in [0.2, 0.25) is 0 Å². The highest BCUT2D eigenvalue weighted by Crippen LogP contribution is 2.03. The lowest BCUT2D eigenvalue weighted by Crippen LogP contribution is -2.47. The molecule has 0 saturated carbocycles. The maximum absolute atomic E-state index is 3.54. The van der Waals surface area contributed by atoms with Gasteiger partial charge in [0.25, 0.3) is 0 Å². The van der Waals surface area contributed by atoms with Crippen LogP contribution >= 0.6 is 0 Å². The van der Waals surface area contributed by atoms with E-state index in [0.29, 0.717) is 0 Å². The molecule has 1 aromatic carbocycles. The van der Waals surface area contributed by atoms with Crippen molar-refractivity contribution in [2.45, 2.75) is 20.4 Å². The molecule has 106 valence electrons. The monoisotopic (exact) mass is 261 g/mol. The van der Waals surface area contributed by atoms with Crippen LogP contribution in [0.5, 0.6) is 0 Å². The van der Waals surface area contributed by atoms with Gasteiger partial charge in [0.05, 0.1) is 0 Å². The number of piperazine rings is 1. The van der Waals surface area contributed by atoms with Crippen LogP contribution in [0.3, 0.4) is 0 Å². The van der Waals surface area contributed by atoms with E-state index in [1.54, 1.807) is 0 Å². The molecular formula is C16H27N3. The molecule has 1 aromatic rings. The van der Waals surface area contributed by atoms with Crippen molar-refractivity contribution in [2.75, 3.05) is 45.8 Å². The lowest BCUT2D eigenvalue weighted by atomic mass is 10.1. The van der Waals surface area contributed by atoms with Crippen molar-refractivity contribution in [1.82, 2.24) is 15.1 Å². The third-order valence-electron chi connectivity index (χ3n) is 3.97. The van der Waals surface area contributed by atoms with Crippen molar-refractivity contribution >= 4 is 0 Å². The van der Waals surface area contributed by atoms with E-state index in [9.17, 15) is 0 Å².